The fourth-order valence-corrected chi connectivity index (χ4v) is 4.57. The van der Waals surface area contributed by atoms with E-state index < -0.39 is 0 Å². The first-order chi connectivity index (χ1) is 15.1. The summed E-state index contributed by atoms with van der Waals surface area (Å²) in [5.41, 5.74) is 3.02. The number of benzene rings is 3. The number of nitrogens with zero attached hydrogens (tertiary/aromatic N) is 1. The zero-order chi connectivity index (χ0) is 21.8. The van der Waals surface area contributed by atoms with Gasteiger partial charge < -0.3 is 14.8 Å². The number of ether oxygens (including phenoxy) is 2. The van der Waals surface area contributed by atoms with Crippen LogP contribution >= 0.6 is 11.8 Å². The molecule has 1 fully saturated rings. The van der Waals surface area contributed by atoms with Crippen LogP contribution < -0.4 is 19.7 Å². The molecule has 1 aliphatic rings. The van der Waals surface area contributed by atoms with Gasteiger partial charge in [-0.2, -0.15) is 0 Å². The number of rotatable bonds is 6. The third kappa shape index (κ3) is 4.51. The zero-order valence-corrected chi connectivity index (χ0v) is 18.0. The molecule has 0 bridgehead atoms. The van der Waals surface area contributed by atoms with E-state index in [1.165, 1.54) is 0 Å². The Hall–Kier alpha value is -3.45. The molecule has 2 amide bonds. The fourth-order valence-electron chi connectivity index (χ4n) is 3.39. The number of anilines is 2. The average molecular weight is 435 g/mol. The molecule has 0 spiro atoms. The Morgan fingerprint density at radius 1 is 0.968 bits per heavy atom. The Labute approximate surface area is 185 Å². The van der Waals surface area contributed by atoms with E-state index in [4.69, 9.17) is 9.47 Å². The van der Waals surface area contributed by atoms with E-state index in [9.17, 15) is 9.59 Å². The molecule has 0 saturated carbocycles. The third-order valence-electron chi connectivity index (χ3n) is 5.00. The standard InChI is InChI=1S/C24H22N2O4S/c1-29-20-12-10-19(11-13-20)26-22(27)15-31-24(26)16-6-8-18(9-7-16)25-23(28)17-4-3-5-21(14-17)30-2/h3-14,24H,15H2,1-2H3,(H,25,28)/t24-/m1/s1. The van der Waals surface area contributed by atoms with E-state index in [1.54, 1.807) is 55.1 Å². The van der Waals surface area contributed by atoms with Gasteiger partial charge in [0.1, 0.15) is 16.9 Å². The summed E-state index contributed by atoms with van der Waals surface area (Å²) in [7, 11) is 3.18. The molecule has 158 valence electrons. The summed E-state index contributed by atoms with van der Waals surface area (Å²) in [6, 6.07) is 22.0. The molecular formula is C24H22N2O4S. The van der Waals surface area contributed by atoms with Crippen LogP contribution in [0.1, 0.15) is 21.3 Å². The number of carbonyl (C=O) groups excluding carboxylic acids is 2. The highest BCUT2D eigenvalue weighted by atomic mass is 32.2. The molecule has 0 aromatic heterocycles. The first kappa shape index (κ1) is 20.8. The van der Waals surface area contributed by atoms with Crippen molar-refractivity contribution in [3.05, 3.63) is 83.9 Å². The molecule has 7 heteroatoms. The molecule has 6 nitrogen and oxygen atoms in total. The van der Waals surface area contributed by atoms with E-state index >= 15 is 0 Å². The predicted octanol–water partition coefficient (Wildman–Crippen LogP) is 4.73. The summed E-state index contributed by atoms with van der Waals surface area (Å²) in [5.74, 6) is 1.65. The molecule has 0 radical (unpaired) electrons. The molecule has 3 aromatic rings. The van der Waals surface area contributed by atoms with Crippen molar-refractivity contribution in [2.24, 2.45) is 0 Å². The Morgan fingerprint density at radius 3 is 2.35 bits per heavy atom. The molecular weight excluding hydrogens is 412 g/mol. The summed E-state index contributed by atoms with van der Waals surface area (Å²) in [5, 5.41) is 2.77. The van der Waals surface area contributed by atoms with Gasteiger partial charge in [0, 0.05) is 16.9 Å². The van der Waals surface area contributed by atoms with Crippen molar-refractivity contribution < 1.29 is 19.1 Å². The second-order valence-corrected chi connectivity index (χ2v) is 8.00. The van der Waals surface area contributed by atoms with Gasteiger partial charge in [0.2, 0.25) is 5.91 Å². The number of carbonyl (C=O) groups is 2. The fraction of sp³-hybridized carbons (Fsp3) is 0.167. The highest BCUT2D eigenvalue weighted by molar-refractivity contribution is 8.00. The lowest BCUT2D eigenvalue weighted by molar-refractivity contribution is -0.115. The maximum atomic E-state index is 12.5. The number of amides is 2. The van der Waals surface area contributed by atoms with Gasteiger partial charge in [0.05, 0.1) is 20.0 Å². The van der Waals surface area contributed by atoms with Crippen LogP contribution in [0.2, 0.25) is 0 Å². The van der Waals surface area contributed by atoms with E-state index in [-0.39, 0.29) is 17.2 Å². The van der Waals surface area contributed by atoms with Gasteiger partial charge in [0.25, 0.3) is 5.91 Å². The summed E-state index contributed by atoms with van der Waals surface area (Å²) in [6.07, 6.45) is 0. The Bertz CT molecular complexity index is 1080. The Kier molecular flexibility index (Phi) is 6.13. The molecule has 4 rings (SSSR count). The summed E-state index contributed by atoms with van der Waals surface area (Å²) in [6.45, 7) is 0. The first-order valence-electron chi connectivity index (χ1n) is 9.72. The van der Waals surface area contributed by atoms with Crippen LogP contribution in [0, 0.1) is 0 Å². The van der Waals surface area contributed by atoms with Crippen molar-refractivity contribution in [2.45, 2.75) is 5.37 Å². The molecule has 0 aliphatic carbocycles. The Balaban J connectivity index is 1.50. The van der Waals surface area contributed by atoms with Crippen molar-refractivity contribution in [1.82, 2.24) is 0 Å². The van der Waals surface area contributed by atoms with Crippen LogP contribution in [-0.2, 0) is 4.79 Å². The zero-order valence-electron chi connectivity index (χ0n) is 17.2. The summed E-state index contributed by atoms with van der Waals surface area (Å²) in [4.78, 5) is 26.9. The minimum atomic E-state index is -0.211. The average Bonchev–Trinajstić information content (AvgIpc) is 3.21. The van der Waals surface area contributed by atoms with E-state index in [2.05, 4.69) is 5.32 Å². The van der Waals surface area contributed by atoms with Crippen molar-refractivity contribution in [2.75, 3.05) is 30.2 Å². The molecule has 31 heavy (non-hydrogen) atoms. The van der Waals surface area contributed by atoms with E-state index in [0.29, 0.717) is 22.8 Å². The van der Waals surface area contributed by atoms with Gasteiger partial charge in [-0.05, 0) is 60.2 Å². The second-order valence-electron chi connectivity index (χ2n) is 6.93. The number of thioether (sulfide) groups is 1. The largest absolute Gasteiger partial charge is 0.497 e. The van der Waals surface area contributed by atoms with Crippen molar-refractivity contribution in [3.63, 3.8) is 0 Å². The van der Waals surface area contributed by atoms with Gasteiger partial charge in [0.15, 0.2) is 0 Å². The van der Waals surface area contributed by atoms with E-state index in [0.717, 1.165) is 17.0 Å². The molecule has 3 aromatic carbocycles. The number of hydrogen-bond donors (Lipinski definition) is 1. The van der Waals surface area contributed by atoms with Crippen LogP contribution in [-0.4, -0.2) is 31.8 Å². The van der Waals surface area contributed by atoms with Crippen LogP contribution in [0.4, 0.5) is 11.4 Å². The maximum Gasteiger partial charge on any atom is 0.255 e. The summed E-state index contributed by atoms with van der Waals surface area (Å²) < 4.78 is 10.4. The number of nitrogens with one attached hydrogen (secondary N) is 1. The smallest absolute Gasteiger partial charge is 0.255 e. The molecule has 0 unspecified atom stereocenters. The minimum Gasteiger partial charge on any atom is -0.497 e. The van der Waals surface area contributed by atoms with Gasteiger partial charge in [-0.15, -0.1) is 11.8 Å². The highest BCUT2D eigenvalue weighted by Crippen LogP contribution is 2.42. The first-order valence-corrected chi connectivity index (χ1v) is 10.8. The van der Waals surface area contributed by atoms with Crippen LogP contribution in [0.5, 0.6) is 11.5 Å². The third-order valence-corrected chi connectivity index (χ3v) is 6.22. The monoisotopic (exact) mass is 434 g/mol. The molecule has 1 aliphatic heterocycles. The predicted molar refractivity (Wildman–Crippen MR) is 123 cm³/mol. The van der Waals surface area contributed by atoms with Gasteiger partial charge in [-0.1, -0.05) is 18.2 Å². The van der Waals surface area contributed by atoms with E-state index in [1.807, 2.05) is 48.5 Å². The molecule has 1 N–H and O–H groups in total. The lowest BCUT2D eigenvalue weighted by Gasteiger charge is -2.24. The van der Waals surface area contributed by atoms with Gasteiger partial charge in [-0.25, -0.2) is 0 Å². The van der Waals surface area contributed by atoms with Crippen molar-refractivity contribution >= 4 is 35.0 Å². The summed E-state index contributed by atoms with van der Waals surface area (Å²) >= 11 is 1.58. The highest BCUT2D eigenvalue weighted by Gasteiger charge is 2.34. The van der Waals surface area contributed by atoms with Crippen molar-refractivity contribution in [3.8, 4) is 11.5 Å². The van der Waals surface area contributed by atoms with Gasteiger partial charge >= 0.3 is 0 Å². The molecule has 1 saturated heterocycles. The lowest BCUT2D eigenvalue weighted by atomic mass is 10.1. The normalized spacial score (nSPS) is 15.6. The minimum absolute atomic E-state index is 0.0653. The van der Waals surface area contributed by atoms with Crippen LogP contribution in [0.15, 0.2) is 72.8 Å². The SMILES string of the molecule is COc1ccc(N2C(=O)CS[C@@H]2c2ccc(NC(=O)c3cccc(OC)c3)cc2)cc1. The topological polar surface area (TPSA) is 67.9 Å². The second kappa shape index (κ2) is 9.14. The number of methoxy groups -OCH3 is 2. The Morgan fingerprint density at radius 2 is 1.68 bits per heavy atom. The molecule has 1 atom stereocenters. The quantitative estimate of drug-likeness (QED) is 0.607. The lowest BCUT2D eigenvalue weighted by Crippen LogP contribution is -2.27. The van der Waals surface area contributed by atoms with Crippen molar-refractivity contribution in [1.29, 1.82) is 0 Å². The van der Waals surface area contributed by atoms with Crippen LogP contribution in [0.25, 0.3) is 0 Å². The molecule has 1 heterocycles. The maximum absolute atomic E-state index is 12.5. The van der Waals surface area contributed by atoms with Crippen LogP contribution in [0.3, 0.4) is 0 Å². The van der Waals surface area contributed by atoms with Gasteiger partial charge in [-0.3, -0.25) is 14.5 Å². The number of hydrogen-bond acceptors (Lipinski definition) is 5.